The van der Waals surface area contributed by atoms with Crippen molar-refractivity contribution < 1.29 is 17.9 Å². The van der Waals surface area contributed by atoms with Gasteiger partial charge in [-0.2, -0.15) is 0 Å². The van der Waals surface area contributed by atoms with Gasteiger partial charge in [-0.25, -0.2) is 13.1 Å². The highest BCUT2D eigenvalue weighted by Crippen LogP contribution is 2.09. The smallest absolute Gasteiger partial charge is 0.212 e. The van der Waals surface area contributed by atoms with Gasteiger partial charge >= 0.3 is 0 Å². The summed E-state index contributed by atoms with van der Waals surface area (Å²) in [6.45, 7) is 3.48. The van der Waals surface area contributed by atoms with Crippen LogP contribution in [0.3, 0.4) is 0 Å². The average Bonchev–Trinajstić information content (AvgIpc) is 2.28. The molecule has 6 heteroatoms. The zero-order valence-corrected chi connectivity index (χ0v) is 10.3. The summed E-state index contributed by atoms with van der Waals surface area (Å²) in [4.78, 5) is 0. The fraction of sp³-hybridized carbons (Fsp3) is 0.800. The molecule has 0 unspecified atom stereocenters. The van der Waals surface area contributed by atoms with Gasteiger partial charge in [0, 0.05) is 13.0 Å². The lowest BCUT2D eigenvalue weighted by atomic mass is 10.4. The van der Waals surface area contributed by atoms with Crippen molar-refractivity contribution in [1.29, 1.82) is 0 Å². The Morgan fingerprint density at radius 3 is 2.69 bits per heavy atom. The van der Waals surface area contributed by atoms with Crippen molar-refractivity contribution in [3.05, 3.63) is 12.2 Å². The number of rotatable bonds is 6. The van der Waals surface area contributed by atoms with Crippen LogP contribution in [-0.2, 0) is 19.5 Å². The standard InChI is InChI=1S/C10H19NO4S/c1-2-3-6-11-16(12,13)9-5-10-14-7-4-8-15-10/h2-3,10-11H,4-9H2,1H3/b3-2+. The highest BCUT2D eigenvalue weighted by Gasteiger charge is 2.18. The van der Waals surface area contributed by atoms with Crippen LogP contribution in [0.15, 0.2) is 12.2 Å². The van der Waals surface area contributed by atoms with E-state index in [4.69, 9.17) is 9.47 Å². The van der Waals surface area contributed by atoms with Crippen molar-refractivity contribution in [1.82, 2.24) is 4.72 Å². The van der Waals surface area contributed by atoms with Crippen molar-refractivity contribution in [2.75, 3.05) is 25.5 Å². The first kappa shape index (κ1) is 13.6. The molecule has 94 valence electrons. The molecule has 1 aliphatic heterocycles. The van der Waals surface area contributed by atoms with Gasteiger partial charge in [0.15, 0.2) is 6.29 Å². The zero-order valence-electron chi connectivity index (χ0n) is 9.52. The quantitative estimate of drug-likeness (QED) is 0.701. The molecular formula is C10H19NO4S. The topological polar surface area (TPSA) is 64.6 Å². The molecule has 1 rings (SSSR count). The minimum absolute atomic E-state index is 0.0369. The Morgan fingerprint density at radius 2 is 2.06 bits per heavy atom. The maximum atomic E-state index is 11.5. The summed E-state index contributed by atoms with van der Waals surface area (Å²) in [5.41, 5.74) is 0. The molecule has 1 N–H and O–H groups in total. The Bertz CT molecular complexity index is 307. The van der Waals surface area contributed by atoms with Gasteiger partial charge in [-0.15, -0.1) is 0 Å². The van der Waals surface area contributed by atoms with Crippen molar-refractivity contribution in [3.8, 4) is 0 Å². The Balaban J connectivity index is 2.23. The fourth-order valence-corrected chi connectivity index (χ4v) is 2.32. The molecule has 1 fully saturated rings. The van der Waals surface area contributed by atoms with Crippen molar-refractivity contribution >= 4 is 10.0 Å². The maximum absolute atomic E-state index is 11.5. The van der Waals surface area contributed by atoms with Gasteiger partial charge in [-0.1, -0.05) is 12.2 Å². The lowest BCUT2D eigenvalue weighted by Gasteiger charge is -2.22. The first-order valence-corrected chi connectivity index (χ1v) is 7.11. The van der Waals surface area contributed by atoms with Crippen LogP contribution in [0.2, 0.25) is 0 Å². The zero-order chi connectivity index (χ0) is 11.9. The van der Waals surface area contributed by atoms with E-state index < -0.39 is 10.0 Å². The molecule has 0 atom stereocenters. The molecule has 1 heterocycles. The monoisotopic (exact) mass is 249 g/mol. The van der Waals surface area contributed by atoms with Crippen molar-refractivity contribution in [2.45, 2.75) is 26.1 Å². The molecule has 1 aliphatic rings. The Hall–Kier alpha value is -0.430. The summed E-state index contributed by atoms with van der Waals surface area (Å²) in [5.74, 6) is 0.0369. The van der Waals surface area contributed by atoms with E-state index in [-0.39, 0.29) is 12.0 Å². The Kier molecular flexibility index (Phi) is 5.97. The molecule has 0 aliphatic carbocycles. The molecule has 0 aromatic rings. The van der Waals surface area contributed by atoms with Gasteiger partial charge in [0.2, 0.25) is 10.0 Å². The number of sulfonamides is 1. The number of hydrogen-bond donors (Lipinski definition) is 1. The fourth-order valence-electron chi connectivity index (χ4n) is 1.32. The number of ether oxygens (including phenoxy) is 2. The van der Waals surface area contributed by atoms with Crippen molar-refractivity contribution in [3.63, 3.8) is 0 Å². The molecule has 0 amide bonds. The first-order chi connectivity index (χ1) is 7.64. The maximum Gasteiger partial charge on any atom is 0.212 e. The summed E-state index contributed by atoms with van der Waals surface area (Å²) in [5, 5.41) is 0. The third-order valence-electron chi connectivity index (χ3n) is 2.18. The minimum Gasteiger partial charge on any atom is -0.353 e. The third kappa shape index (κ3) is 5.60. The van der Waals surface area contributed by atoms with Crippen LogP contribution in [0.1, 0.15) is 19.8 Å². The summed E-state index contributed by atoms with van der Waals surface area (Å²) < 4.78 is 36.0. The van der Waals surface area contributed by atoms with Gasteiger partial charge in [0.25, 0.3) is 0 Å². The Morgan fingerprint density at radius 1 is 1.38 bits per heavy atom. The summed E-state index contributed by atoms with van der Waals surface area (Å²) >= 11 is 0. The molecule has 0 radical (unpaired) electrons. The molecule has 0 saturated carbocycles. The molecule has 16 heavy (non-hydrogen) atoms. The van der Waals surface area contributed by atoms with Gasteiger partial charge in [0.05, 0.1) is 19.0 Å². The SMILES string of the molecule is C/C=C/CNS(=O)(=O)CCC1OCCCO1. The van der Waals surface area contributed by atoms with Crippen molar-refractivity contribution in [2.24, 2.45) is 0 Å². The summed E-state index contributed by atoms with van der Waals surface area (Å²) in [6, 6.07) is 0. The minimum atomic E-state index is -3.21. The van der Waals surface area contributed by atoms with E-state index in [1.54, 1.807) is 12.2 Å². The van der Waals surface area contributed by atoms with Crippen LogP contribution in [0.25, 0.3) is 0 Å². The third-order valence-corrected chi connectivity index (χ3v) is 3.55. The normalized spacial score (nSPS) is 19.3. The molecule has 0 bridgehead atoms. The molecule has 5 nitrogen and oxygen atoms in total. The lowest BCUT2D eigenvalue weighted by molar-refractivity contribution is -0.178. The second kappa shape index (κ2) is 7.01. The average molecular weight is 249 g/mol. The summed E-state index contributed by atoms with van der Waals surface area (Å²) in [7, 11) is -3.21. The van der Waals surface area contributed by atoms with Gasteiger partial charge in [-0.05, 0) is 13.3 Å². The van der Waals surface area contributed by atoms with E-state index in [1.165, 1.54) is 0 Å². The van der Waals surface area contributed by atoms with E-state index in [0.29, 0.717) is 26.2 Å². The van der Waals surface area contributed by atoms with E-state index in [1.807, 2.05) is 6.92 Å². The highest BCUT2D eigenvalue weighted by atomic mass is 32.2. The Labute approximate surface area is 96.9 Å². The van der Waals surface area contributed by atoms with Crippen LogP contribution in [0, 0.1) is 0 Å². The van der Waals surface area contributed by atoms with E-state index in [9.17, 15) is 8.42 Å². The van der Waals surface area contributed by atoms with Gasteiger partial charge in [-0.3, -0.25) is 0 Å². The van der Waals surface area contributed by atoms with Crippen LogP contribution in [0.5, 0.6) is 0 Å². The molecule has 0 aromatic heterocycles. The second-order valence-electron chi connectivity index (χ2n) is 3.55. The summed E-state index contributed by atoms with van der Waals surface area (Å²) in [6.07, 6.45) is 4.45. The highest BCUT2D eigenvalue weighted by molar-refractivity contribution is 7.89. The van der Waals surface area contributed by atoms with E-state index in [0.717, 1.165) is 6.42 Å². The lowest BCUT2D eigenvalue weighted by Crippen LogP contribution is -2.31. The second-order valence-corrected chi connectivity index (χ2v) is 5.48. The molecule has 1 saturated heterocycles. The predicted molar refractivity (Wildman–Crippen MR) is 61.5 cm³/mol. The molecular weight excluding hydrogens is 230 g/mol. The predicted octanol–water partition coefficient (Wildman–Crippen LogP) is 0.635. The largest absolute Gasteiger partial charge is 0.353 e. The van der Waals surface area contributed by atoms with E-state index in [2.05, 4.69) is 4.72 Å². The number of nitrogens with one attached hydrogen (secondary N) is 1. The van der Waals surface area contributed by atoms with Gasteiger partial charge in [0.1, 0.15) is 0 Å². The van der Waals surface area contributed by atoms with Crippen LogP contribution < -0.4 is 4.72 Å². The molecule has 0 aromatic carbocycles. The van der Waals surface area contributed by atoms with Crippen LogP contribution >= 0.6 is 0 Å². The van der Waals surface area contributed by atoms with Crippen LogP contribution in [0.4, 0.5) is 0 Å². The van der Waals surface area contributed by atoms with E-state index >= 15 is 0 Å². The van der Waals surface area contributed by atoms with Crippen LogP contribution in [-0.4, -0.2) is 40.2 Å². The molecule has 0 spiro atoms. The first-order valence-electron chi connectivity index (χ1n) is 5.46. The number of allylic oxidation sites excluding steroid dienone is 1. The van der Waals surface area contributed by atoms with Gasteiger partial charge < -0.3 is 9.47 Å². The number of hydrogen-bond acceptors (Lipinski definition) is 4.